The van der Waals surface area contributed by atoms with Crippen LogP contribution in [0.25, 0.3) is 0 Å². The molecule has 3 heteroatoms. The highest BCUT2D eigenvalue weighted by Gasteiger charge is 2.48. The maximum Gasteiger partial charge on any atom is 0.173 e. The third-order valence-corrected chi connectivity index (χ3v) is 3.53. The summed E-state index contributed by atoms with van der Waals surface area (Å²) in [4.78, 5) is 0. The SMILES string of the molecule is C=C(C[C@@H](C)O)CC(C)(C)C1(CC)OCCO1. The number of ether oxygens (including phenoxy) is 2. The van der Waals surface area contributed by atoms with Crippen molar-refractivity contribution in [1.29, 1.82) is 0 Å². The van der Waals surface area contributed by atoms with Crippen LogP contribution in [0.5, 0.6) is 0 Å². The average molecular weight is 242 g/mol. The highest BCUT2D eigenvalue weighted by atomic mass is 16.7. The van der Waals surface area contributed by atoms with Crippen LogP contribution in [-0.2, 0) is 9.47 Å². The van der Waals surface area contributed by atoms with Gasteiger partial charge in [0.25, 0.3) is 0 Å². The van der Waals surface area contributed by atoms with E-state index in [2.05, 4.69) is 27.4 Å². The van der Waals surface area contributed by atoms with Crippen LogP contribution in [0.1, 0.15) is 47.0 Å². The van der Waals surface area contributed by atoms with Crippen molar-refractivity contribution in [3.05, 3.63) is 12.2 Å². The zero-order valence-corrected chi connectivity index (χ0v) is 11.6. The summed E-state index contributed by atoms with van der Waals surface area (Å²) < 4.78 is 11.7. The zero-order valence-electron chi connectivity index (χ0n) is 11.6. The van der Waals surface area contributed by atoms with E-state index in [4.69, 9.17) is 9.47 Å². The van der Waals surface area contributed by atoms with Gasteiger partial charge in [-0.2, -0.15) is 0 Å². The molecule has 0 saturated carbocycles. The van der Waals surface area contributed by atoms with Crippen LogP contribution in [-0.4, -0.2) is 30.2 Å². The van der Waals surface area contributed by atoms with E-state index in [0.717, 1.165) is 18.4 Å². The maximum absolute atomic E-state index is 9.38. The highest BCUT2D eigenvalue weighted by Crippen LogP contribution is 2.45. The quantitative estimate of drug-likeness (QED) is 0.728. The summed E-state index contributed by atoms with van der Waals surface area (Å²) in [6, 6.07) is 0. The molecule has 1 fully saturated rings. The van der Waals surface area contributed by atoms with Gasteiger partial charge in [0, 0.05) is 5.41 Å². The Morgan fingerprint density at radius 3 is 2.35 bits per heavy atom. The first-order valence-electron chi connectivity index (χ1n) is 6.45. The minimum Gasteiger partial charge on any atom is -0.393 e. The van der Waals surface area contributed by atoms with Crippen molar-refractivity contribution in [2.75, 3.05) is 13.2 Å². The van der Waals surface area contributed by atoms with Gasteiger partial charge in [-0.25, -0.2) is 0 Å². The second-order valence-electron chi connectivity index (χ2n) is 5.67. The molecule has 3 nitrogen and oxygen atoms in total. The summed E-state index contributed by atoms with van der Waals surface area (Å²) in [6.07, 6.45) is 1.96. The Morgan fingerprint density at radius 1 is 1.41 bits per heavy atom. The van der Waals surface area contributed by atoms with E-state index in [0.29, 0.717) is 19.6 Å². The Balaban J connectivity index is 2.69. The van der Waals surface area contributed by atoms with Crippen LogP contribution in [0.15, 0.2) is 12.2 Å². The van der Waals surface area contributed by atoms with E-state index in [1.54, 1.807) is 6.92 Å². The molecule has 1 aliphatic heterocycles. The molecule has 0 aromatic carbocycles. The monoisotopic (exact) mass is 242 g/mol. The van der Waals surface area contributed by atoms with Gasteiger partial charge in [0.2, 0.25) is 0 Å². The first-order chi connectivity index (χ1) is 7.83. The summed E-state index contributed by atoms with van der Waals surface area (Å²) in [5, 5.41) is 9.38. The van der Waals surface area contributed by atoms with Crippen LogP contribution < -0.4 is 0 Å². The molecule has 0 aliphatic carbocycles. The van der Waals surface area contributed by atoms with Crippen LogP contribution in [0.4, 0.5) is 0 Å². The third kappa shape index (κ3) is 3.30. The van der Waals surface area contributed by atoms with Crippen LogP contribution in [0.3, 0.4) is 0 Å². The van der Waals surface area contributed by atoms with Gasteiger partial charge in [0.1, 0.15) is 0 Å². The van der Waals surface area contributed by atoms with Crippen molar-refractivity contribution >= 4 is 0 Å². The Kier molecular flexibility index (Phi) is 4.76. The van der Waals surface area contributed by atoms with Crippen LogP contribution in [0, 0.1) is 5.41 Å². The molecule has 0 aromatic rings. The second-order valence-corrected chi connectivity index (χ2v) is 5.67. The number of aliphatic hydroxyl groups excluding tert-OH is 1. The molecule has 1 atom stereocenters. The molecule has 0 radical (unpaired) electrons. The van der Waals surface area contributed by atoms with Gasteiger partial charge in [-0.1, -0.05) is 32.9 Å². The lowest BCUT2D eigenvalue weighted by Gasteiger charge is -2.42. The first kappa shape index (κ1) is 14.7. The van der Waals surface area contributed by atoms with Gasteiger partial charge in [0.15, 0.2) is 5.79 Å². The summed E-state index contributed by atoms with van der Waals surface area (Å²) in [6.45, 7) is 13.6. The molecule has 1 aliphatic rings. The van der Waals surface area contributed by atoms with Crippen LogP contribution >= 0.6 is 0 Å². The molecule has 1 rings (SSSR count). The van der Waals surface area contributed by atoms with E-state index >= 15 is 0 Å². The topological polar surface area (TPSA) is 38.7 Å². The molecule has 1 heterocycles. The Bertz CT molecular complexity index is 263. The lowest BCUT2D eigenvalue weighted by atomic mass is 9.75. The van der Waals surface area contributed by atoms with E-state index in [9.17, 15) is 5.11 Å². The molecule has 0 amide bonds. The molecule has 0 spiro atoms. The largest absolute Gasteiger partial charge is 0.393 e. The molecule has 100 valence electrons. The zero-order chi connectivity index (χ0) is 13.1. The average Bonchev–Trinajstić information content (AvgIpc) is 2.64. The standard InChI is InChI=1S/C14H26O3/c1-6-14(16-7-8-17-14)13(4,5)10-11(2)9-12(3)15/h12,15H,2,6-10H2,1,3-5H3/t12-/m1/s1. The van der Waals surface area contributed by atoms with Crippen molar-refractivity contribution in [3.63, 3.8) is 0 Å². The van der Waals surface area contributed by atoms with Crippen molar-refractivity contribution in [1.82, 2.24) is 0 Å². The van der Waals surface area contributed by atoms with E-state index < -0.39 is 5.79 Å². The van der Waals surface area contributed by atoms with Gasteiger partial charge in [0.05, 0.1) is 19.3 Å². The van der Waals surface area contributed by atoms with Gasteiger partial charge in [-0.3, -0.25) is 0 Å². The highest BCUT2D eigenvalue weighted by molar-refractivity contribution is 5.04. The van der Waals surface area contributed by atoms with E-state index in [1.165, 1.54) is 0 Å². The second kappa shape index (κ2) is 5.51. The number of rotatable bonds is 6. The Hall–Kier alpha value is -0.380. The van der Waals surface area contributed by atoms with E-state index in [-0.39, 0.29) is 11.5 Å². The number of hydrogen-bond acceptors (Lipinski definition) is 3. The minimum absolute atomic E-state index is 0.121. The summed E-state index contributed by atoms with van der Waals surface area (Å²) in [5.74, 6) is -0.491. The fourth-order valence-electron chi connectivity index (χ4n) is 2.78. The fraction of sp³-hybridized carbons (Fsp3) is 0.857. The molecule has 0 aromatic heterocycles. The van der Waals surface area contributed by atoms with Crippen molar-refractivity contribution in [2.45, 2.75) is 58.8 Å². The lowest BCUT2D eigenvalue weighted by molar-refractivity contribution is -0.229. The summed E-state index contributed by atoms with van der Waals surface area (Å²) in [7, 11) is 0. The molecular weight excluding hydrogens is 216 g/mol. The molecule has 1 saturated heterocycles. The molecule has 17 heavy (non-hydrogen) atoms. The summed E-state index contributed by atoms with van der Waals surface area (Å²) in [5.41, 5.74) is 0.932. The Morgan fingerprint density at radius 2 is 1.94 bits per heavy atom. The third-order valence-electron chi connectivity index (χ3n) is 3.53. The molecule has 0 bridgehead atoms. The van der Waals surface area contributed by atoms with Crippen LogP contribution in [0.2, 0.25) is 0 Å². The van der Waals surface area contributed by atoms with Crippen molar-refractivity contribution in [2.24, 2.45) is 5.41 Å². The maximum atomic E-state index is 9.38. The fourth-order valence-corrected chi connectivity index (χ4v) is 2.78. The predicted molar refractivity (Wildman–Crippen MR) is 68.8 cm³/mol. The van der Waals surface area contributed by atoms with Gasteiger partial charge in [-0.05, 0) is 26.2 Å². The van der Waals surface area contributed by atoms with Crippen molar-refractivity contribution in [3.8, 4) is 0 Å². The number of aliphatic hydroxyl groups is 1. The van der Waals surface area contributed by atoms with Gasteiger partial charge in [-0.15, -0.1) is 0 Å². The number of hydrogen-bond donors (Lipinski definition) is 1. The smallest absolute Gasteiger partial charge is 0.173 e. The normalized spacial score (nSPS) is 21.5. The predicted octanol–water partition coefficient (Wildman–Crippen LogP) is 2.88. The van der Waals surface area contributed by atoms with Gasteiger partial charge < -0.3 is 14.6 Å². The molecular formula is C14H26O3. The van der Waals surface area contributed by atoms with Crippen molar-refractivity contribution < 1.29 is 14.6 Å². The lowest BCUT2D eigenvalue weighted by Crippen LogP contribution is -2.45. The minimum atomic E-state index is -0.491. The Labute approximate surface area is 105 Å². The van der Waals surface area contributed by atoms with E-state index in [1.807, 2.05) is 0 Å². The first-order valence-corrected chi connectivity index (χ1v) is 6.45. The van der Waals surface area contributed by atoms with Gasteiger partial charge >= 0.3 is 0 Å². The molecule has 0 unspecified atom stereocenters. The molecule has 1 N–H and O–H groups in total. The summed E-state index contributed by atoms with van der Waals surface area (Å²) >= 11 is 0.